The summed E-state index contributed by atoms with van der Waals surface area (Å²) in [5.74, 6) is -4.05. The highest BCUT2D eigenvalue weighted by Crippen LogP contribution is 2.33. The Morgan fingerprint density at radius 2 is 1.52 bits per heavy atom. The maximum absolute atomic E-state index is 14.1. The molecule has 0 heterocycles. The van der Waals surface area contributed by atoms with Gasteiger partial charge in [0, 0.05) is 5.56 Å². The number of rotatable bonds is 3. The van der Waals surface area contributed by atoms with E-state index in [9.17, 15) is 17.6 Å². The van der Waals surface area contributed by atoms with E-state index in [4.69, 9.17) is 0 Å². The fourth-order valence-electron chi connectivity index (χ4n) is 2.13. The Labute approximate surface area is 128 Å². The largest absolute Gasteiger partial charge is 0.309 e. The lowest BCUT2D eigenvalue weighted by atomic mass is 9.97. The highest BCUT2D eigenvalue weighted by atomic mass is 79.9. The van der Waals surface area contributed by atoms with Crippen LogP contribution >= 0.6 is 15.9 Å². The molecule has 2 aromatic rings. The summed E-state index contributed by atoms with van der Waals surface area (Å²) in [6.07, 6.45) is 0. The third-order valence-corrected chi connectivity index (χ3v) is 4.09. The molecule has 0 fully saturated rings. The minimum atomic E-state index is -1.07. The molecule has 0 saturated carbocycles. The predicted molar refractivity (Wildman–Crippen MR) is 76.1 cm³/mol. The van der Waals surface area contributed by atoms with E-state index >= 15 is 0 Å². The minimum absolute atomic E-state index is 0.0207. The quantitative estimate of drug-likeness (QED) is 0.621. The first-order valence-electron chi connectivity index (χ1n) is 6.13. The molecule has 1 atom stereocenters. The van der Waals surface area contributed by atoms with Crippen LogP contribution in [0.3, 0.4) is 0 Å². The Morgan fingerprint density at radius 3 is 2.14 bits per heavy atom. The molecule has 1 N–H and O–H groups in total. The average Bonchev–Trinajstić information content (AvgIpc) is 2.47. The zero-order valence-corrected chi connectivity index (χ0v) is 12.9. The zero-order valence-electron chi connectivity index (χ0n) is 11.3. The number of hydrogen-bond donors (Lipinski definition) is 1. The van der Waals surface area contributed by atoms with E-state index in [1.54, 1.807) is 0 Å². The summed E-state index contributed by atoms with van der Waals surface area (Å²) in [5.41, 5.74) is 0.473. The smallest absolute Gasteiger partial charge is 0.173 e. The third kappa shape index (κ3) is 2.82. The molecule has 0 aliphatic carbocycles. The molecule has 6 heteroatoms. The Kier molecular flexibility index (Phi) is 4.68. The molecule has 2 aromatic carbocycles. The summed E-state index contributed by atoms with van der Waals surface area (Å²) in [4.78, 5) is 0. The molecule has 0 spiro atoms. The number of halogens is 5. The van der Waals surface area contributed by atoms with Gasteiger partial charge < -0.3 is 5.32 Å². The second-order valence-electron chi connectivity index (χ2n) is 4.59. The van der Waals surface area contributed by atoms with Crippen molar-refractivity contribution in [2.45, 2.75) is 13.0 Å². The van der Waals surface area contributed by atoms with Crippen molar-refractivity contribution in [3.8, 4) is 0 Å². The van der Waals surface area contributed by atoms with Crippen molar-refractivity contribution in [3.63, 3.8) is 0 Å². The molecule has 21 heavy (non-hydrogen) atoms. The van der Waals surface area contributed by atoms with Gasteiger partial charge in [0.1, 0.15) is 0 Å². The summed E-state index contributed by atoms with van der Waals surface area (Å²) >= 11 is 2.96. The van der Waals surface area contributed by atoms with Gasteiger partial charge in [-0.25, -0.2) is 17.6 Å². The van der Waals surface area contributed by atoms with Crippen LogP contribution in [-0.4, -0.2) is 7.05 Å². The van der Waals surface area contributed by atoms with Gasteiger partial charge in [0.05, 0.1) is 10.5 Å². The normalized spacial score (nSPS) is 12.5. The van der Waals surface area contributed by atoms with Crippen LogP contribution in [0.2, 0.25) is 0 Å². The third-order valence-electron chi connectivity index (χ3n) is 3.28. The van der Waals surface area contributed by atoms with Gasteiger partial charge in [-0.15, -0.1) is 0 Å². The Morgan fingerprint density at radius 1 is 0.905 bits per heavy atom. The summed E-state index contributed by atoms with van der Waals surface area (Å²) in [6, 6.07) is 4.31. The lowest BCUT2D eigenvalue weighted by molar-refractivity contribution is 0.478. The lowest BCUT2D eigenvalue weighted by Crippen LogP contribution is -2.20. The van der Waals surface area contributed by atoms with E-state index in [2.05, 4.69) is 21.2 Å². The molecule has 0 aromatic heterocycles. The Hall–Kier alpha value is -1.40. The van der Waals surface area contributed by atoms with Gasteiger partial charge in [-0.1, -0.05) is 18.2 Å². The molecule has 112 valence electrons. The van der Waals surface area contributed by atoms with Crippen molar-refractivity contribution in [2.75, 3.05) is 7.05 Å². The maximum Gasteiger partial charge on any atom is 0.173 e. The summed E-state index contributed by atoms with van der Waals surface area (Å²) in [7, 11) is 1.52. The average molecular weight is 362 g/mol. The summed E-state index contributed by atoms with van der Waals surface area (Å²) < 4.78 is 54.5. The molecule has 0 bridgehead atoms. The molecule has 0 amide bonds. The van der Waals surface area contributed by atoms with Gasteiger partial charge in [0.2, 0.25) is 0 Å². The van der Waals surface area contributed by atoms with Crippen LogP contribution < -0.4 is 5.32 Å². The SMILES string of the molecule is CNC(c1ccc(C)c(F)c1F)c1ccc(F)c(F)c1Br. The van der Waals surface area contributed by atoms with Gasteiger partial charge in [-0.05, 0) is 47.1 Å². The van der Waals surface area contributed by atoms with Gasteiger partial charge >= 0.3 is 0 Å². The van der Waals surface area contributed by atoms with E-state index in [1.807, 2.05) is 0 Å². The predicted octanol–water partition coefficient (Wildman–Crippen LogP) is 4.62. The van der Waals surface area contributed by atoms with Gasteiger partial charge in [0.15, 0.2) is 23.3 Å². The first kappa shape index (κ1) is 16.0. The second-order valence-corrected chi connectivity index (χ2v) is 5.38. The number of nitrogens with one attached hydrogen (secondary N) is 1. The summed E-state index contributed by atoms with van der Waals surface area (Å²) in [5, 5.41) is 2.78. The van der Waals surface area contributed by atoms with Crippen molar-refractivity contribution >= 4 is 15.9 Å². The van der Waals surface area contributed by atoms with E-state index in [0.717, 1.165) is 6.07 Å². The first-order chi connectivity index (χ1) is 9.88. The van der Waals surface area contributed by atoms with Gasteiger partial charge in [-0.3, -0.25) is 0 Å². The monoisotopic (exact) mass is 361 g/mol. The Balaban J connectivity index is 2.61. The first-order valence-corrected chi connectivity index (χ1v) is 6.93. The lowest BCUT2D eigenvalue weighted by Gasteiger charge is -2.20. The van der Waals surface area contributed by atoms with Crippen molar-refractivity contribution < 1.29 is 17.6 Å². The topological polar surface area (TPSA) is 12.0 Å². The standard InChI is InChI=1S/C15H12BrF4N/c1-7-3-4-9(13(19)12(7)18)15(21-2)8-5-6-10(17)14(20)11(8)16/h3-6,15,21H,1-2H3. The number of aryl methyl sites for hydroxylation is 1. The van der Waals surface area contributed by atoms with E-state index in [1.165, 1.54) is 32.2 Å². The van der Waals surface area contributed by atoms with Crippen LogP contribution in [-0.2, 0) is 0 Å². The maximum atomic E-state index is 14.1. The molecule has 2 rings (SSSR count). The number of hydrogen-bond acceptors (Lipinski definition) is 1. The van der Waals surface area contributed by atoms with Gasteiger partial charge in [0.25, 0.3) is 0 Å². The Bertz CT molecular complexity index is 630. The van der Waals surface area contributed by atoms with Crippen LogP contribution in [0.5, 0.6) is 0 Å². The van der Waals surface area contributed by atoms with Crippen LogP contribution in [0.25, 0.3) is 0 Å². The van der Waals surface area contributed by atoms with E-state index in [-0.39, 0.29) is 21.2 Å². The molecular weight excluding hydrogens is 350 g/mol. The second kappa shape index (κ2) is 6.15. The van der Waals surface area contributed by atoms with Crippen molar-refractivity contribution in [1.82, 2.24) is 5.32 Å². The molecule has 1 unspecified atom stereocenters. The van der Waals surface area contributed by atoms with Gasteiger partial charge in [-0.2, -0.15) is 0 Å². The molecule has 0 saturated heterocycles. The van der Waals surface area contributed by atoms with Crippen LogP contribution in [0, 0.1) is 30.2 Å². The molecule has 0 aliphatic heterocycles. The van der Waals surface area contributed by atoms with E-state index < -0.39 is 29.3 Å². The fraction of sp³-hybridized carbons (Fsp3) is 0.200. The highest BCUT2D eigenvalue weighted by Gasteiger charge is 2.24. The van der Waals surface area contributed by atoms with Crippen LogP contribution in [0.4, 0.5) is 17.6 Å². The molecule has 1 nitrogen and oxygen atoms in total. The summed E-state index contributed by atoms with van der Waals surface area (Å²) in [6.45, 7) is 1.45. The fourth-order valence-corrected chi connectivity index (χ4v) is 2.68. The zero-order chi connectivity index (χ0) is 15.7. The van der Waals surface area contributed by atoms with Crippen LogP contribution in [0.15, 0.2) is 28.7 Å². The van der Waals surface area contributed by atoms with Crippen molar-refractivity contribution in [3.05, 3.63) is 68.7 Å². The van der Waals surface area contributed by atoms with Crippen molar-refractivity contribution in [2.24, 2.45) is 0 Å². The molecule has 0 aliphatic rings. The van der Waals surface area contributed by atoms with Crippen LogP contribution in [0.1, 0.15) is 22.7 Å². The van der Waals surface area contributed by atoms with E-state index in [0.29, 0.717) is 0 Å². The molecule has 0 radical (unpaired) electrons. The minimum Gasteiger partial charge on any atom is -0.309 e. The number of benzene rings is 2. The highest BCUT2D eigenvalue weighted by molar-refractivity contribution is 9.10. The van der Waals surface area contributed by atoms with Crippen molar-refractivity contribution in [1.29, 1.82) is 0 Å². The molecular formula is C15H12BrF4N.